The Labute approximate surface area is 149 Å². The Morgan fingerprint density at radius 2 is 1.14 bits per heavy atom. The van der Waals surface area contributed by atoms with Gasteiger partial charge in [-0.05, 0) is 18.8 Å². The van der Waals surface area contributed by atoms with Gasteiger partial charge in [0.05, 0.1) is 0 Å². The first kappa shape index (κ1) is 22.7. The third-order valence-electron chi connectivity index (χ3n) is 4.04. The summed E-state index contributed by atoms with van der Waals surface area (Å²) >= 11 is 0. The Morgan fingerprint density at radius 1 is 0.682 bits per heavy atom. The van der Waals surface area contributed by atoms with Crippen LogP contribution >= 0.6 is 21.6 Å². The van der Waals surface area contributed by atoms with Crippen LogP contribution in [0.4, 0.5) is 0 Å². The van der Waals surface area contributed by atoms with Crippen LogP contribution < -0.4 is 0 Å². The summed E-state index contributed by atoms with van der Waals surface area (Å²) in [6.45, 7) is 11.6. The molecule has 0 aliphatic carbocycles. The summed E-state index contributed by atoms with van der Waals surface area (Å²) in [6, 6.07) is 0. The van der Waals surface area contributed by atoms with Crippen LogP contribution in [0.1, 0.15) is 112 Å². The van der Waals surface area contributed by atoms with Crippen molar-refractivity contribution in [2.24, 2.45) is 5.92 Å². The lowest BCUT2D eigenvalue weighted by atomic mass is 9.96. The average Bonchev–Trinajstić information content (AvgIpc) is 2.44. The van der Waals surface area contributed by atoms with Gasteiger partial charge in [0.2, 0.25) is 0 Å². The Balaban J connectivity index is 3.86. The predicted molar refractivity (Wildman–Crippen MR) is 110 cm³/mol. The normalized spacial score (nSPS) is 12.3. The molecule has 0 unspecified atom stereocenters. The molecule has 0 aromatic rings. The lowest BCUT2D eigenvalue weighted by molar-refractivity contribution is 0.439. The fourth-order valence-electron chi connectivity index (χ4n) is 2.69. The SMILES string of the molecule is CCCCCCCC(CCCCCCC)CSSC(C)(C)C. The lowest BCUT2D eigenvalue weighted by Crippen LogP contribution is -2.08. The molecule has 0 radical (unpaired) electrons. The number of unbranched alkanes of at least 4 members (excludes halogenated alkanes) is 8. The topological polar surface area (TPSA) is 0 Å². The molecule has 0 aromatic carbocycles. The minimum Gasteiger partial charge on any atom is -0.0933 e. The highest BCUT2D eigenvalue weighted by molar-refractivity contribution is 8.77. The molecule has 0 saturated heterocycles. The van der Waals surface area contributed by atoms with E-state index in [1.807, 2.05) is 0 Å². The average molecular weight is 347 g/mol. The fourth-order valence-corrected chi connectivity index (χ4v) is 5.48. The van der Waals surface area contributed by atoms with Crippen LogP contribution in [0.15, 0.2) is 0 Å². The van der Waals surface area contributed by atoms with Crippen LogP contribution in [-0.2, 0) is 0 Å². The van der Waals surface area contributed by atoms with Crippen molar-refractivity contribution in [3.63, 3.8) is 0 Å². The second-order valence-corrected chi connectivity index (χ2v) is 10.9. The van der Waals surface area contributed by atoms with E-state index in [1.54, 1.807) is 0 Å². The summed E-state index contributed by atoms with van der Waals surface area (Å²) in [5.41, 5.74) is 0. The van der Waals surface area contributed by atoms with Crippen molar-refractivity contribution in [3.8, 4) is 0 Å². The van der Waals surface area contributed by atoms with E-state index in [1.165, 1.54) is 82.8 Å². The third-order valence-corrected chi connectivity index (χ3v) is 7.53. The van der Waals surface area contributed by atoms with Gasteiger partial charge in [-0.15, -0.1) is 0 Å². The van der Waals surface area contributed by atoms with E-state index in [2.05, 4.69) is 56.2 Å². The molecule has 2 heteroatoms. The van der Waals surface area contributed by atoms with Crippen LogP contribution in [0.2, 0.25) is 0 Å². The maximum atomic E-state index is 2.33. The van der Waals surface area contributed by atoms with Gasteiger partial charge in [0.15, 0.2) is 0 Å². The first-order valence-electron chi connectivity index (χ1n) is 9.80. The highest BCUT2D eigenvalue weighted by Gasteiger charge is 2.14. The summed E-state index contributed by atoms with van der Waals surface area (Å²) in [5.74, 6) is 2.33. The smallest absolute Gasteiger partial charge is 0.0179 e. The van der Waals surface area contributed by atoms with E-state index < -0.39 is 0 Å². The molecule has 22 heavy (non-hydrogen) atoms. The molecule has 0 aromatic heterocycles. The maximum absolute atomic E-state index is 2.33. The van der Waals surface area contributed by atoms with E-state index in [4.69, 9.17) is 0 Å². The van der Waals surface area contributed by atoms with Crippen molar-refractivity contribution in [2.75, 3.05) is 5.75 Å². The Morgan fingerprint density at radius 3 is 1.55 bits per heavy atom. The first-order valence-corrected chi connectivity index (χ1v) is 12.1. The first-order chi connectivity index (χ1) is 10.5. The van der Waals surface area contributed by atoms with Crippen molar-refractivity contribution >= 4 is 21.6 Å². The summed E-state index contributed by atoms with van der Waals surface area (Å²) in [7, 11) is 4.19. The largest absolute Gasteiger partial charge is 0.0933 e. The minimum atomic E-state index is 0.400. The van der Waals surface area contributed by atoms with Gasteiger partial charge in [0, 0.05) is 10.5 Å². The van der Waals surface area contributed by atoms with Gasteiger partial charge in [0.1, 0.15) is 0 Å². The highest BCUT2D eigenvalue weighted by Crippen LogP contribution is 2.37. The van der Waals surface area contributed by atoms with Crippen molar-refractivity contribution < 1.29 is 0 Å². The second-order valence-electron chi connectivity index (χ2n) is 7.75. The molecular weight excluding hydrogens is 304 g/mol. The molecule has 0 heterocycles. The third kappa shape index (κ3) is 17.1. The summed E-state index contributed by atoms with van der Waals surface area (Å²) in [5, 5.41) is 0. The Hall–Kier alpha value is 0.700. The van der Waals surface area contributed by atoms with Crippen molar-refractivity contribution in [1.29, 1.82) is 0 Å². The van der Waals surface area contributed by atoms with Crippen LogP contribution in [0.3, 0.4) is 0 Å². The summed E-state index contributed by atoms with van der Waals surface area (Å²) < 4.78 is 0.400. The number of hydrogen-bond donors (Lipinski definition) is 0. The Kier molecular flexibility index (Phi) is 15.7. The van der Waals surface area contributed by atoms with Gasteiger partial charge < -0.3 is 0 Å². The van der Waals surface area contributed by atoms with Crippen molar-refractivity contribution in [1.82, 2.24) is 0 Å². The molecule has 0 nitrogen and oxygen atoms in total. The monoisotopic (exact) mass is 346 g/mol. The molecule has 0 N–H and O–H groups in total. The molecule has 0 aliphatic heterocycles. The summed E-state index contributed by atoms with van der Waals surface area (Å²) in [4.78, 5) is 0. The van der Waals surface area contributed by atoms with E-state index in [-0.39, 0.29) is 0 Å². The van der Waals surface area contributed by atoms with Crippen molar-refractivity contribution in [3.05, 3.63) is 0 Å². The molecule has 0 amide bonds. The van der Waals surface area contributed by atoms with E-state index in [9.17, 15) is 0 Å². The Bertz CT molecular complexity index is 206. The van der Waals surface area contributed by atoms with E-state index in [0.717, 1.165) is 5.92 Å². The highest BCUT2D eigenvalue weighted by atomic mass is 33.1. The van der Waals surface area contributed by atoms with Gasteiger partial charge in [0.25, 0.3) is 0 Å². The molecular formula is C20H42S2. The van der Waals surface area contributed by atoms with Gasteiger partial charge in [-0.3, -0.25) is 0 Å². The van der Waals surface area contributed by atoms with Crippen molar-refractivity contribution in [2.45, 2.75) is 116 Å². The van der Waals surface area contributed by atoms with Gasteiger partial charge in [-0.2, -0.15) is 0 Å². The zero-order valence-electron chi connectivity index (χ0n) is 16.1. The second kappa shape index (κ2) is 15.2. The fraction of sp³-hybridized carbons (Fsp3) is 1.00. The zero-order chi connectivity index (χ0) is 16.7. The predicted octanol–water partition coefficient (Wildman–Crippen LogP) is 8.50. The molecule has 0 aliphatic rings. The molecule has 0 fully saturated rings. The standard InChI is InChI=1S/C20H42S2/c1-6-8-10-12-14-16-19(17-15-13-11-9-7-2)18-21-22-20(3,4)5/h19H,6-18H2,1-5H3. The quantitative estimate of drug-likeness (QED) is 0.215. The van der Waals surface area contributed by atoms with E-state index in [0.29, 0.717) is 4.75 Å². The zero-order valence-corrected chi connectivity index (χ0v) is 17.7. The molecule has 134 valence electrons. The summed E-state index contributed by atoms with van der Waals surface area (Å²) in [6.07, 6.45) is 17.2. The number of rotatable bonds is 15. The van der Waals surface area contributed by atoms with Gasteiger partial charge in [-0.25, -0.2) is 0 Å². The lowest BCUT2D eigenvalue weighted by Gasteiger charge is -2.20. The molecule has 0 atom stereocenters. The molecule has 0 bridgehead atoms. The number of hydrogen-bond acceptors (Lipinski definition) is 2. The van der Waals surface area contributed by atoms with Gasteiger partial charge in [-0.1, -0.05) is 120 Å². The van der Waals surface area contributed by atoms with Crippen LogP contribution in [-0.4, -0.2) is 10.5 Å². The van der Waals surface area contributed by atoms with Gasteiger partial charge >= 0.3 is 0 Å². The minimum absolute atomic E-state index is 0.400. The van der Waals surface area contributed by atoms with Crippen LogP contribution in [0.25, 0.3) is 0 Å². The molecule has 0 spiro atoms. The van der Waals surface area contributed by atoms with Crippen LogP contribution in [0.5, 0.6) is 0 Å². The molecule has 0 saturated carbocycles. The maximum Gasteiger partial charge on any atom is 0.0179 e. The molecule has 0 rings (SSSR count). The van der Waals surface area contributed by atoms with E-state index >= 15 is 0 Å². The van der Waals surface area contributed by atoms with Crippen LogP contribution in [0, 0.1) is 5.92 Å².